The van der Waals surface area contributed by atoms with Crippen LogP contribution in [0.3, 0.4) is 0 Å². The largest absolute Gasteiger partial charge is 0.333 e. The molecule has 1 aliphatic carbocycles. The fourth-order valence-corrected chi connectivity index (χ4v) is 4.01. The van der Waals surface area contributed by atoms with Gasteiger partial charge in [-0.2, -0.15) is 0 Å². The normalized spacial score (nSPS) is 19.2. The van der Waals surface area contributed by atoms with E-state index in [1.54, 1.807) is 11.3 Å². The molecule has 0 radical (unpaired) electrons. The molecule has 1 aromatic rings. The van der Waals surface area contributed by atoms with Gasteiger partial charge in [0.2, 0.25) is 0 Å². The lowest BCUT2D eigenvalue weighted by Gasteiger charge is -2.37. The van der Waals surface area contributed by atoms with E-state index in [4.69, 9.17) is 0 Å². The van der Waals surface area contributed by atoms with E-state index in [1.807, 2.05) is 4.90 Å². The first-order valence-electron chi connectivity index (χ1n) is 6.93. The fourth-order valence-electron chi connectivity index (χ4n) is 2.80. The number of amides is 1. The average molecular weight is 264 g/mol. The quantitative estimate of drug-likeness (QED) is 0.906. The predicted molar refractivity (Wildman–Crippen MR) is 74.3 cm³/mol. The Kier molecular flexibility index (Phi) is 3.39. The van der Waals surface area contributed by atoms with Crippen LogP contribution in [-0.4, -0.2) is 36.5 Å². The van der Waals surface area contributed by atoms with E-state index in [2.05, 4.69) is 18.3 Å². The van der Waals surface area contributed by atoms with Crippen LogP contribution < -0.4 is 5.32 Å². The van der Waals surface area contributed by atoms with Gasteiger partial charge in [-0.1, -0.05) is 0 Å². The Labute approximate surface area is 112 Å². The van der Waals surface area contributed by atoms with Crippen molar-refractivity contribution in [1.29, 1.82) is 0 Å². The summed E-state index contributed by atoms with van der Waals surface area (Å²) in [5, 5.41) is 3.24. The molecule has 0 aromatic carbocycles. The van der Waals surface area contributed by atoms with E-state index in [-0.39, 0.29) is 5.91 Å². The number of rotatable bonds is 3. The van der Waals surface area contributed by atoms with Crippen molar-refractivity contribution in [2.45, 2.75) is 38.6 Å². The summed E-state index contributed by atoms with van der Waals surface area (Å²) in [6.07, 6.45) is 4.90. The minimum Gasteiger partial charge on any atom is -0.333 e. The lowest BCUT2D eigenvalue weighted by atomic mass is 9.99. The Bertz CT molecular complexity index is 427. The number of nitrogens with zero attached hydrogens (tertiary/aromatic N) is 1. The molecular formula is C14H20N2OS. The monoisotopic (exact) mass is 264 g/mol. The van der Waals surface area contributed by atoms with Gasteiger partial charge in [-0.05, 0) is 44.2 Å². The third kappa shape index (κ3) is 2.08. The maximum absolute atomic E-state index is 12.5. The molecule has 0 spiro atoms. The topological polar surface area (TPSA) is 32.3 Å². The van der Waals surface area contributed by atoms with E-state index in [0.717, 1.165) is 30.9 Å². The van der Waals surface area contributed by atoms with Crippen LogP contribution in [0.4, 0.5) is 0 Å². The predicted octanol–water partition coefficient (Wildman–Crippen LogP) is 2.06. The number of likely N-dealkylation sites (N-methyl/N-ethyl adjacent to an activating group) is 1. The molecule has 3 nitrogen and oxygen atoms in total. The minimum atomic E-state index is 0.239. The van der Waals surface area contributed by atoms with Gasteiger partial charge < -0.3 is 10.2 Å². The molecule has 1 amide bonds. The first-order chi connectivity index (χ1) is 8.79. The van der Waals surface area contributed by atoms with Crippen molar-refractivity contribution in [2.75, 3.05) is 19.6 Å². The second-order valence-corrected chi connectivity index (χ2v) is 6.31. The molecule has 4 heteroatoms. The van der Waals surface area contributed by atoms with Crippen LogP contribution in [-0.2, 0) is 12.8 Å². The SMILES string of the molecule is CCN(C(=O)c1cc2c(s1)CCCC2)C1CNC1. The Morgan fingerprint density at radius 2 is 2.22 bits per heavy atom. The molecule has 1 aromatic heterocycles. The summed E-state index contributed by atoms with van der Waals surface area (Å²) in [7, 11) is 0. The van der Waals surface area contributed by atoms with Gasteiger partial charge >= 0.3 is 0 Å². The summed E-state index contributed by atoms with van der Waals surface area (Å²) in [5.41, 5.74) is 1.43. The summed E-state index contributed by atoms with van der Waals surface area (Å²) in [4.78, 5) is 17.0. The Morgan fingerprint density at radius 1 is 1.44 bits per heavy atom. The molecule has 2 aliphatic rings. The van der Waals surface area contributed by atoms with Crippen LogP contribution >= 0.6 is 11.3 Å². The third-order valence-corrected chi connectivity index (χ3v) is 5.23. The summed E-state index contributed by atoms with van der Waals surface area (Å²) in [6, 6.07) is 2.55. The number of aryl methyl sites for hydroxylation is 2. The Balaban J connectivity index is 1.80. The highest BCUT2D eigenvalue weighted by Gasteiger charge is 2.29. The highest BCUT2D eigenvalue weighted by atomic mass is 32.1. The molecule has 1 aliphatic heterocycles. The van der Waals surface area contributed by atoms with Crippen LogP contribution in [0, 0.1) is 0 Å². The Morgan fingerprint density at radius 3 is 2.83 bits per heavy atom. The van der Waals surface area contributed by atoms with Crippen LogP contribution in [0.15, 0.2) is 6.07 Å². The van der Waals surface area contributed by atoms with Gasteiger partial charge in [0.05, 0.1) is 10.9 Å². The van der Waals surface area contributed by atoms with Gasteiger partial charge in [0.1, 0.15) is 0 Å². The van der Waals surface area contributed by atoms with Gasteiger partial charge in [0.25, 0.3) is 5.91 Å². The maximum atomic E-state index is 12.5. The lowest BCUT2D eigenvalue weighted by molar-refractivity contribution is 0.0635. The number of hydrogen-bond acceptors (Lipinski definition) is 3. The molecular weight excluding hydrogens is 244 g/mol. The van der Waals surface area contributed by atoms with Crippen LogP contribution in [0.25, 0.3) is 0 Å². The summed E-state index contributed by atoms with van der Waals surface area (Å²) in [6.45, 7) is 4.78. The van der Waals surface area contributed by atoms with Gasteiger partial charge in [-0.15, -0.1) is 11.3 Å². The molecule has 1 saturated heterocycles. The molecule has 98 valence electrons. The van der Waals surface area contributed by atoms with E-state index >= 15 is 0 Å². The molecule has 0 saturated carbocycles. The van der Waals surface area contributed by atoms with Gasteiger partial charge in [0.15, 0.2) is 0 Å². The number of nitrogens with one attached hydrogen (secondary N) is 1. The summed E-state index contributed by atoms with van der Waals surface area (Å²) in [5.74, 6) is 0.239. The van der Waals surface area contributed by atoms with Crippen molar-refractivity contribution in [1.82, 2.24) is 10.2 Å². The zero-order valence-corrected chi connectivity index (χ0v) is 11.7. The highest BCUT2D eigenvalue weighted by Crippen LogP contribution is 2.30. The zero-order chi connectivity index (χ0) is 12.5. The molecule has 1 N–H and O–H groups in total. The first kappa shape index (κ1) is 12.2. The second-order valence-electron chi connectivity index (χ2n) is 5.17. The fraction of sp³-hybridized carbons (Fsp3) is 0.643. The maximum Gasteiger partial charge on any atom is 0.264 e. The molecule has 18 heavy (non-hydrogen) atoms. The Hall–Kier alpha value is -0.870. The van der Waals surface area contributed by atoms with E-state index in [0.29, 0.717) is 6.04 Å². The molecule has 3 rings (SSSR count). The molecule has 1 fully saturated rings. The van der Waals surface area contributed by atoms with E-state index in [9.17, 15) is 4.79 Å². The van der Waals surface area contributed by atoms with Crippen molar-refractivity contribution in [2.24, 2.45) is 0 Å². The van der Waals surface area contributed by atoms with Crippen LogP contribution in [0.5, 0.6) is 0 Å². The third-order valence-electron chi connectivity index (χ3n) is 4.01. The molecule has 0 unspecified atom stereocenters. The summed E-state index contributed by atoms with van der Waals surface area (Å²) < 4.78 is 0. The molecule has 2 heterocycles. The standard InChI is InChI=1S/C14H20N2OS/c1-2-16(11-8-15-9-11)14(17)13-7-10-5-3-4-6-12(10)18-13/h7,11,15H,2-6,8-9H2,1H3. The number of carbonyl (C=O) groups excluding carboxylic acids is 1. The van der Waals surface area contributed by atoms with Crippen molar-refractivity contribution < 1.29 is 4.79 Å². The first-order valence-corrected chi connectivity index (χ1v) is 7.74. The van der Waals surface area contributed by atoms with E-state index < -0.39 is 0 Å². The van der Waals surface area contributed by atoms with Crippen molar-refractivity contribution in [3.8, 4) is 0 Å². The number of thiophene rings is 1. The molecule has 0 bridgehead atoms. The second kappa shape index (κ2) is 5.02. The van der Waals surface area contributed by atoms with Gasteiger partial charge in [0, 0.05) is 24.5 Å². The lowest BCUT2D eigenvalue weighted by Crippen LogP contribution is -2.58. The molecule has 0 atom stereocenters. The van der Waals surface area contributed by atoms with Crippen LogP contribution in [0.2, 0.25) is 0 Å². The average Bonchev–Trinajstić information content (AvgIpc) is 2.76. The number of fused-ring (bicyclic) bond motifs is 1. The van der Waals surface area contributed by atoms with Gasteiger partial charge in [-0.25, -0.2) is 0 Å². The summed E-state index contributed by atoms with van der Waals surface area (Å²) >= 11 is 1.73. The van der Waals surface area contributed by atoms with E-state index in [1.165, 1.54) is 29.7 Å². The van der Waals surface area contributed by atoms with Crippen LogP contribution in [0.1, 0.15) is 39.9 Å². The van der Waals surface area contributed by atoms with Gasteiger partial charge in [-0.3, -0.25) is 4.79 Å². The highest BCUT2D eigenvalue weighted by molar-refractivity contribution is 7.14. The van der Waals surface area contributed by atoms with Crippen molar-refractivity contribution in [3.63, 3.8) is 0 Å². The van der Waals surface area contributed by atoms with Crippen molar-refractivity contribution >= 4 is 17.2 Å². The number of hydrogen-bond donors (Lipinski definition) is 1. The minimum absolute atomic E-state index is 0.239. The zero-order valence-electron chi connectivity index (χ0n) is 10.9. The van der Waals surface area contributed by atoms with Crippen molar-refractivity contribution in [3.05, 3.63) is 21.4 Å². The smallest absolute Gasteiger partial charge is 0.264 e. The number of carbonyl (C=O) groups is 1.